The number of rotatable bonds is 5. The number of fused-ring (bicyclic) bond motifs is 2. The van der Waals surface area contributed by atoms with Crippen molar-refractivity contribution in [3.05, 3.63) is 52.9 Å². The van der Waals surface area contributed by atoms with E-state index in [-0.39, 0.29) is 30.2 Å². The highest BCUT2D eigenvalue weighted by atomic mass is 79.9. The number of nitrogens with zero attached hydrogens (tertiary/aromatic N) is 4. The first-order valence-electron chi connectivity index (χ1n) is 10.1. The molecular weight excluding hydrogens is 462 g/mol. The van der Waals surface area contributed by atoms with Gasteiger partial charge in [0, 0.05) is 29.4 Å². The van der Waals surface area contributed by atoms with Crippen LogP contribution in [0.4, 0.5) is 5.82 Å². The molecule has 9 heteroatoms. The van der Waals surface area contributed by atoms with Gasteiger partial charge in [0.15, 0.2) is 5.78 Å². The molecule has 158 valence electrons. The molecule has 2 aliphatic rings. The van der Waals surface area contributed by atoms with Crippen molar-refractivity contribution in [2.24, 2.45) is 5.92 Å². The van der Waals surface area contributed by atoms with Crippen molar-refractivity contribution in [1.82, 2.24) is 19.4 Å². The van der Waals surface area contributed by atoms with E-state index in [0.717, 1.165) is 11.8 Å². The van der Waals surface area contributed by atoms with Crippen LogP contribution in [0.25, 0.3) is 11.0 Å². The van der Waals surface area contributed by atoms with Gasteiger partial charge < -0.3 is 14.8 Å². The number of anilines is 1. The fraction of sp³-hybridized carbons (Fsp3) is 0.318. The molecule has 0 spiro atoms. The number of ketones is 1. The zero-order valence-corrected chi connectivity index (χ0v) is 18.4. The van der Waals surface area contributed by atoms with Crippen LogP contribution in [0.1, 0.15) is 30.1 Å². The molecule has 2 amide bonds. The molecule has 1 aliphatic carbocycles. The minimum atomic E-state index is -0.529. The molecule has 2 fully saturated rings. The molecular formula is C22H20BrN5O3. The van der Waals surface area contributed by atoms with E-state index in [9.17, 15) is 14.4 Å². The lowest BCUT2D eigenvalue weighted by Crippen LogP contribution is -2.46. The van der Waals surface area contributed by atoms with Crippen LogP contribution in [0.5, 0.6) is 0 Å². The number of pyridine rings is 2. The summed E-state index contributed by atoms with van der Waals surface area (Å²) in [5.41, 5.74) is 1.13. The first-order valence-corrected chi connectivity index (χ1v) is 10.9. The Bertz CT molecular complexity index is 1220. The predicted molar refractivity (Wildman–Crippen MR) is 117 cm³/mol. The summed E-state index contributed by atoms with van der Waals surface area (Å²) in [4.78, 5) is 48.6. The van der Waals surface area contributed by atoms with Crippen molar-refractivity contribution in [3.8, 4) is 0 Å². The Kier molecular flexibility index (Phi) is 4.85. The van der Waals surface area contributed by atoms with Gasteiger partial charge in [0.25, 0.3) is 0 Å². The zero-order chi connectivity index (χ0) is 21.7. The van der Waals surface area contributed by atoms with Crippen LogP contribution in [0.2, 0.25) is 0 Å². The molecule has 5 rings (SSSR count). The van der Waals surface area contributed by atoms with Gasteiger partial charge in [-0.25, -0.2) is 9.97 Å². The minimum Gasteiger partial charge on any atom is -0.326 e. The molecule has 3 aromatic heterocycles. The van der Waals surface area contributed by atoms with E-state index < -0.39 is 6.04 Å². The van der Waals surface area contributed by atoms with E-state index >= 15 is 0 Å². The van der Waals surface area contributed by atoms with Crippen molar-refractivity contribution >= 4 is 50.4 Å². The van der Waals surface area contributed by atoms with Crippen LogP contribution in [-0.2, 0) is 16.1 Å². The standard InChI is InChI=1S/C22H20BrN5O3/c1-12(29)15-10-27(21-14(15)4-3-7-24-21)11-20(30)28-16-8-13(16)9-17(28)22(31)26-19-6-2-5-18(23)25-19/h2-7,10,13,16-17H,8-9,11H2,1H3,(H,25,26,31). The highest BCUT2D eigenvalue weighted by Crippen LogP contribution is 2.48. The number of likely N-dealkylation sites (tertiary alicyclic amines) is 1. The molecule has 31 heavy (non-hydrogen) atoms. The van der Waals surface area contributed by atoms with Gasteiger partial charge in [-0.2, -0.15) is 0 Å². The number of hydrogen-bond acceptors (Lipinski definition) is 5. The zero-order valence-electron chi connectivity index (χ0n) is 16.8. The smallest absolute Gasteiger partial charge is 0.248 e. The van der Waals surface area contributed by atoms with E-state index in [0.29, 0.717) is 34.0 Å². The maximum atomic E-state index is 13.3. The molecule has 4 heterocycles. The van der Waals surface area contributed by atoms with Crippen molar-refractivity contribution in [2.45, 2.75) is 38.4 Å². The Morgan fingerprint density at radius 2 is 2.03 bits per heavy atom. The van der Waals surface area contributed by atoms with Gasteiger partial charge in [0.2, 0.25) is 11.8 Å². The van der Waals surface area contributed by atoms with Gasteiger partial charge in [-0.05, 0) is 65.9 Å². The molecule has 1 N–H and O–H groups in total. The van der Waals surface area contributed by atoms with Gasteiger partial charge in [0.1, 0.15) is 28.7 Å². The number of nitrogens with one attached hydrogen (secondary N) is 1. The first-order chi connectivity index (χ1) is 14.9. The van der Waals surface area contributed by atoms with Crippen molar-refractivity contribution in [3.63, 3.8) is 0 Å². The summed E-state index contributed by atoms with van der Waals surface area (Å²) >= 11 is 3.30. The molecule has 0 aromatic carbocycles. The van der Waals surface area contributed by atoms with E-state index in [1.54, 1.807) is 46.1 Å². The summed E-state index contributed by atoms with van der Waals surface area (Å²) in [5.74, 6) is 0.351. The maximum Gasteiger partial charge on any atom is 0.248 e. The lowest BCUT2D eigenvalue weighted by Gasteiger charge is -2.27. The average Bonchev–Trinajstić information content (AvgIpc) is 3.24. The number of aromatic nitrogens is 3. The number of Topliss-reactive ketones (excluding diaryl/α,β-unsaturated/α-hetero) is 1. The van der Waals surface area contributed by atoms with Crippen LogP contribution in [-0.4, -0.2) is 49.1 Å². The first kappa shape index (κ1) is 19.9. The minimum absolute atomic E-state index is 0.0307. The lowest BCUT2D eigenvalue weighted by atomic mass is 10.1. The molecule has 3 aromatic rings. The second-order valence-corrected chi connectivity index (χ2v) is 8.86. The molecule has 1 saturated heterocycles. The highest BCUT2D eigenvalue weighted by molar-refractivity contribution is 9.10. The molecule has 1 aliphatic heterocycles. The van der Waals surface area contributed by atoms with Crippen molar-refractivity contribution in [1.29, 1.82) is 0 Å². The van der Waals surface area contributed by atoms with Gasteiger partial charge >= 0.3 is 0 Å². The fourth-order valence-corrected chi connectivity index (χ4v) is 4.83. The number of halogens is 1. The maximum absolute atomic E-state index is 13.3. The summed E-state index contributed by atoms with van der Waals surface area (Å²) in [6.45, 7) is 1.53. The van der Waals surface area contributed by atoms with Gasteiger partial charge in [-0.15, -0.1) is 0 Å². The number of piperidine rings is 1. The molecule has 3 unspecified atom stereocenters. The predicted octanol–water partition coefficient (Wildman–Crippen LogP) is 3.02. The van der Waals surface area contributed by atoms with E-state index in [4.69, 9.17) is 0 Å². The third-order valence-corrected chi connectivity index (χ3v) is 6.42. The molecule has 3 atom stereocenters. The largest absolute Gasteiger partial charge is 0.326 e. The monoisotopic (exact) mass is 481 g/mol. The Hall–Kier alpha value is -3.07. The number of amides is 2. The van der Waals surface area contributed by atoms with Crippen LogP contribution < -0.4 is 5.32 Å². The van der Waals surface area contributed by atoms with Crippen LogP contribution in [0, 0.1) is 5.92 Å². The van der Waals surface area contributed by atoms with Gasteiger partial charge in [-0.1, -0.05) is 6.07 Å². The Labute approximate surface area is 186 Å². The summed E-state index contributed by atoms with van der Waals surface area (Å²) in [7, 11) is 0. The number of hydrogen-bond donors (Lipinski definition) is 1. The van der Waals surface area contributed by atoms with Crippen LogP contribution >= 0.6 is 15.9 Å². The van der Waals surface area contributed by atoms with Crippen molar-refractivity contribution < 1.29 is 14.4 Å². The van der Waals surface area contributed by atoms with Gasteiger partial charge in [0.05, 0.1) is 0 Å². The Morgan fingerprint density at radius 1 is 1.19 bits per heavy atom. The number of carbonyl (C=O) groups is 3. The summed E-state index contributed by atoms with van der Waals surface area (Å²) in [6.07, 6.45) is 4.90. The third-order valence-electron chi connectivity index (χ3n) is 5.98. The Balaban J connectivity index is 1.38. The van der Waals surface area contributed by atoms with Crippen LogP contribution in [0.15, 0.2) is 47.3 Å². The Morgan fingerprint density at radius 3 is 2.81 bits per heavy atom. The summed E-state index contributed by atoms with van der Waals surface area (Å²) < 4.78 is 2.33. The molecule has 1 saturated carbocycles. The summed E-state index contributed by atoms with van der Waals surface area (Å²) in [5, 5.41) is 3.55. The number of carbonyl (C=O) groups excluding carboxylic acids is 3. The van der Waals surface area contributed by atoms with E-state index in [1.165, 1.54) is 6.92 Å². The SMILES string of the molecule is CC(=O)c1cn(CC(=O)N2C(C(=O)Nc3cccc(Br)n3)CC3CC32)c2ncccc12. The molecule has 0 bridgehead atoms. The van der Waals surface area contributed by atoms with E-state index in [2.05, 4.69) is 31.2 Å². The van der Waals surface area contributed by atoms with Crippen LogP contribution in [0.3, 0.4) is 0 Å². The molecule has 8 nitrogen and oxygen atoms in total. The quantitative estimate of drug-likeness (QED) is 0.446. The average molecular weight is 482 g/mol. The van der Waals surface area contributed by atoms with Gasteiger partial charge in [-0.3, -0.25) is 14.4 Å². The summed E-state index contributed by atoms with van der Waals surface area (Å²) in [6, 6.07) is 8.45. The fourth-order valence-electron chi connectivity index (χ4n) is 4.49. The van der Waals surface area contributed by atoms with E-state index in [1.807, 2.05) is 6.07 Å². The topological polar surface area (TPSA) is 97.2 Å². The second kappa shape index (κ2) is 7.56. The second-order valence-electron chi connectivity index (χ2n) is 8.05. The highest BCUT2D eigenvalue weighted by Gasteiger charge is 2.56. The lowest BCUT2D eigenvalue weighted by molar-refractivity contribution is -0.138. The van der Waals surface area contributed by atoms with Crippen molar-refractivity contribution in [2.75, 3.05) is 5.32 Å². The molecule has 0 radical (unpaired) electrons. The normalized spacial score (nSPS) is 21.7. The third kappa shape index (κ3) is 3.63.